The van der Waals surface area contributed by atoms with Gasteiger partial charge in [0, 0.05) is 18.3 Å². The number of carbonyl (C=O) groups is 1. The smallest absolute Gasteiger partial charge is 0.228 e. The van der Waals surface area contributed by atoms with E-state index >= 15 is 0 Å². The van der Waals surface area contributed by atoms with Gasteiger partial charge in [-0.05, 0) is 17.9 Å². The van der Waals surface area contributed by atoms with Crippen molar-refractivity contribution in [3.05, 3.63) is 46.8 Å². The van der Waals surface area contributed by atoms with Gasteiger partial charge in [-0.3, -0.25) is 9.79 Å². The summed E-state index contributed by atoms with van der Waals surface area (Å²) in [7, 11) is 1.57. The van der Waals surface area contributed by atoms with Gasteiger partial charge in [0.05, 0.1) is 0 Å². The van der Waals surface area contributed by atoms with Crippen molar-refractivity contribution in [3.8, 4) is 0 Å². The zero-order valence-electron chi connectivity index (χ0n) is 12.8. The predicted octanol–water partition coefficient (Wildman–Crippen LogP) is 2.12. The molecule has 0 aliphatic heterocycles. The van der Waals surface area contributed by atoms with Crippen molar-refractivity contribution in [3.63, 3.8) is 0 Å². The van der Waals surface area contributed by atoms with Crippen LogP contribution in [0.1, 0.15) is 38.8 Å². The first-order valence-electron chi connectivity index (χ1n) is 6.52. The summed E-state index contributed by atoms with van der Waals surface area (Å²) in [5.74, 6) is -0.337. The van der Waals surface area contributed by atoms with Gasteiger partial charge in [0.25, 0.3) is 0 Å². The Morgan fingerprint density at radius 3 is 1.95 bits per heavy atom. The molecule has 0 amide bonds. The molecule has 4 nitrogen and oxygen atoms in total. The maximum Gasteiger partial charge on any atom is 0.228 e. The van der Waals surface area contributed by atoms with Crippen molar-refractivity contribution in [2.24, 2.45) is 16.5 Å². The van der Waals surface area contributed by atoms with E-state index < -0.39 is 0 Å². The molecule has 4 heteroatoms. The van der Waals surface area contributed by atoms with Crippen LogP contribution in [0.2, 0.25) is 0 Å². The Balaban J connectivity index is 3.17. The molecule has 0 heterocycles. The first-order chi connectivity index (χ1) is 9.18. The van der Waals surface area contributed by atoms with Crippen LogP contribution in [0.4, 0.5) is 0 Å². The standard InChI is InChI=1S/C16H23N3O/c1-10(17)13(18)15(20)14(19-5)11-6-8-12(9-7-11)16(2,3)4/h6-9H,17-18H2,1-5H3. The molecule has 0 fully saturated rings. The van der Waals surface area contributed by atoms with Crippen molar-refractivity contribution >= 4 is 11.5 Å². The van der Waals surface area contributed by atoms with Gasteiger partial charge in [0.1, 0.15) is 11.4 Å². The fraction of sp³-hybridized carbons (Fsp3) is 0.375. The molecule has 4 N–H and O–H groups in total. The van der Waals surface area contributed by atoms with Crippen LogP contribution < -0.4 is 11.5 Å². The SMILES string of the molecule is CN=C(C(=O)C(N)=C(C)N)c1ccc(C(C)(C)C)cc1. The van der Waals surface area contributed by atoms with E-state index in [1.54, 1.807) is 14.0 Å². The van der Waals surface area contributed by atoms with Crippen LogP contribution in [0.3, 0.4) is 0 Å². The molecule has 0 unspecified atom stereocenters. The van der Waals surface area contributed by atoms with Crippen LogP contribution in [-0.2, 0) is 10.2 Å². The summed E-state index contributed by atoms with van der Waals surface area (Å²) in [5.41, 5.74) is 14.0. The summed E-state index contributed by atoms with van der Waals surface area (Å²) in [5, 5.41) is 0. The van der Waals surface area contributed by atoms with Crippen LogP contribution in [0.25, 0.3) is 0 Å². The Bertz CT molecular complexity index is 556. The number of Topliss-reactive ketones (excluding diaryl/α,β-unsaturated/α-hetero) is 1. The molecule has 1 aromatic rings. The Morgan fingerprint density at radius 1 is 1.10 bits per heavy atom. The molecular formula is C16H23N3O. The zero-order chi connectivity index (χ0) is 15.5. The van der Waals surface area contributed by atoms with E-state index in [2.05, 4.69) is 25.8 Å². The molecule has 1 aromatic carbocycles. The number of aliphatic imine (C=N–C) groups is 1. The summed E-state index contributed by atoms with van der Waals surface area (Å²) >= 11 is 0. The van der Waals surface area contributed by atoms with Crippen LogP contribution in [0, 0.1) is 0 Å². The van der Waals surface area contributed by atoms with Gasteiger partial charge in [-0.25, -0.2) is 0 Å². The zero-order valence-corrected chi connectivity index (χ0v) is 12.8. The minimum Gasteiger partial charge on any atom is -0.400 e. The lowest BCUT2D eigenvalue weighted by atomic mass is 9.86. The molecule has 0 saturated heterocycles. The molecule has 0 atom stereocenters. The van der Waals surface area contributed by atoms with E-state index in [0.717, 1.165) is 5.56 Å². The molecule has 1 rings (SSSR count). The third-order valence-electron chi connectivity index (χ3n) is 3.13. The number of rotatable bonds is 3. The van der Waals surface area contributed by atoms with E-state index in [4.69, 9.17) is 11.5 Å². The van der Waals surface area contributed by atoms with Gasteiger partial charge in [0.2, 0.25) is 5.78 Å². The molecule has 0 radical (unpaired) electrons. The second-order valence-electron chi connectivity index (χ2n) is 5.83. The summed E-state index contributed by atoms with van der Waals surface area (Å²) in [6.07, 6.45) is 0. The number of nitrogens with zero attached hydrogens (tertiary/aromatic N) is 1. The van der Waals surface area contributed by atoms with Crippen molar-refractivity contribution in [2.45, 2.75) is 33.1 Å². The van der Waals surface area contributed by atoms with Crippen LogP contribution >= 0.6 is 0 Å². The molecule has 0 bridgehead atoms. The Hall–Kier alpha value is -2.10. The largest absolute Gasteiger partial charge is 0.400 e. The quantitative estimate of drug-likeness (QED) is 0.653. The highest BCUT2D eigenvalue weighted by atomic mass is 16.1. The molecule has 0 spiro atoms. The van der Waals surface area contributed by atoms with E-state index in [1.807, 2.05) is 24.3 Å². The molecular weight excluding hydrogens is 250 g/mol. The van der Waals surface area contributed by atoms with Gasteiger partial charge >= 0.3 is 0 Å². The van der Waals surface area contributed by atoms with Crippen molar-refractivity contribution in [1.82, 2.24) is 0 Å². The molecule has 0 saturated carbocycles. The molecule has 0 aliphatic rings. The summed E-state index contributed by atoms with van der Waals surface area (Å²) in [6, 6.07) is 7.78. The van der Waals surface area contributed by atoms with Gasteiger partial charge in [-0.15, -0.1) is 0 Å². The van der Waals surface area contributed by atoms with E-state index in [0.29, 0.717) is 11.4 Å². The van der Waals surface area contributed by atoms with Crippen molar-refractivity contribution in [2.75, 3.05) is 7.05 Å². The third-order valence-corrected chi connectivity index (χ3v) is 3.13. The number of carbonyl (C=O) groups excluding carboxylic acids is 1. The number of ketones is 1. The van der Waals surface area contributed by atoms with Crippen molar-refractivity contribution in [1.29, 1.82) is 0 Å². The van der Waals surface area contributed by atoms with Gasteiger partial charge < -0.3 is 11.5 Å². The minimum atomic E-state index is -0.337. The van der Waals surface area contributed by atoms with E-state index in [-0.39, 0.29) is 16.9 Å². The minimum absolute atomic E-state index is 0.0468. The summed E-state index contributed by atoms with van der Waals surface area (Å²) in [4.78, 5) is 16.3. The highest BCUT2D eigenvalue weighted by Gasteiger charge is 2.19. The van der Waals surface area contributed by atoms with E-state index in [1.165, 1.54) is 5.56 Å². The highest BCUT2D eigenvalue weighted by molar-refractivity contribution is 6.51. The van der Waals surface area contributed by atoms with Crippen LogP contribution in [0.15, 0.2) is 40.7 Å². The first kappa shape index (κ1) is 16.0. The molecule has 108 valence electrons. The number of allylic oxidation sites excluding steroid dienone is 2. The molecule has 0 aliphatic carbocycles. The normalized spacial score (nSPS) is 13.9. The lowest BCUT2D eigenvalue weighted by Gasteiger charge is -2.19. The Morgan fingerprint density at radius 2 is 1.60 bits per heavy atom. The fourth-order valence-corrected chi connectivity index (χ4v) is 1.80. The molecule has 0 aromatic heterocycles. The first-order valence-corrected chi connectivity index (χ1v) is 6.52. The fourth-order valence-electron chi connectivity index (χ4n) is 1.80. The second kappa shape index (κ2) is 5.90. The number of hydrogen-bond donors (Lipinski definition) is 2. The highest BCUT2D eigenvalue weighted by Crippen LogP contribution is 2.22. The third kappa shape index (κ3) is 3.47. The lowest BCUT2D eigenvalue weighted by Crippen LogP contribution is -2.25. The van der Waals surface area contributed by atoms with Crippen molar-refractivity contribution < 1.29 is 4.79 Å². The number of nitrogens with two attached hydrogens (primary N) is 2. The monoisotopic (exact) mass is 273 g/mol. The average molecular weight is 273 g/mol. The van der Waals surface area contributed by atoms with Crippen LogP contribution in [-0.4, -0.2) is 18.5 Å². The number of benzene rings is 1. The lowest BCUT2D eigenvalue weighted by molar-refractivity contribution is -0.109. The predicted molar refractivity (Wildman–Crippen MR) is 83.7 cm³/mol. The van der Waals surface area contributed by atoms with Gasteiger partial charge in [0.15, 0.2) is 0 Å². The van der Waals surface area contributed by atoms with Gasteiger partial charge in [-0.2, -0.15) is 0 Å². The van der Waals surface area contributed by atoms with E-state index in [9.17, 15) is 4.79 Å². The summed E-state index contributed by atoms with van der Waals surface area (Å²) in [6.45, 7) is 8.02. The van der Waals surface area contributed by atoms with Gasteiger partial charge in [-0.1, -0.05) is 45.0 Å². The topological polar surface area (TPSA) is 81.5 Å². The second-order valence-corrected chi connectivity index (χ2v) is 5.83. The number of hydrogen-bond acceptors (Lipinski definition) is 4. The summed E-state index contributed by atoms with van der Waals surface area (Å²) < 4.78 is 0. The van der Waals surface area contributed by atoms with Crippen LogP contribution in [0.5, 0.6) is 0 Å². The Labute approximate surface area is 120 Å². The maximum atomic E-state index is 12.2. The molecule has 20 heavy (non-hydrogen) atoms. The maximum absolute atomic E-state index is 12.2. The Kier molecular flexibility index (Phi) is 4.71. The average Bonchev–Trinajstić information content (AvgIpc) is 2.38.